The highest BCUT2D eigenvalue weighted by Crippen LogP contribution is 2.23. The minimum absolute atomic E-state index is 0.509. The molecule has 0 saturated carbocycles. The predicted molar refractivity (Wildman–Crippen MR) is 57.6 cm³/mol. The molecule has 0 spiro atoms. The Bertz CT molecular complexity index is 328. The third kappa shape index (κ3) is 1.97. The molecule has 1 atom stereocenters. The van der Waals surface area contributed by atoms with Crippen molar-refractivity contribution in [1.29, 1.82) is 0 Å². The van der Waals surface area contributed by atoms with Gasteiger partial charge >= 0.3 is 0 Å². The fraction of sp³-hybridized carbons (Fsp3) is 0.800. The van der Waals surface area contributed by atoms with Gasteiger partial charge in [0, 0.05) is 13.1 Å². The zero-order valence-electron chi connectivity index (χ0n) is 9.36. The monoisotopic (exact) mass is 210 g/mol. The summed E-state index contributed by atoms with van der Waals surface area (Å²) in [6, 6.07) is 0. The van der Waals surface area contributed by atoms with Crippen LogP contribution in [0.1, 0.15) is 39.0 Å². The maximum atomic E-state index is 6.03. The van der Waals surface area contributed by atoms with Crippen molar-refractivity contribution in [3.8, 4) is 0 Å². The maximum absolute atomic E-state index is 6.03. The van der Waals surface area contributed by atoms with Gasteiger partial charge in [0.25, 0.3) is 5.95 Å². The summed E-state index contributed by atoms with van der Waals surface area (Å²) in [4.78, 5) is 6.50. The fourth-order valence-corrected chi connectivity index (χ4v) is 1.64. The van der Waals surface area contributed by atoms with Gasteiger partial charge in [0.2, 0.25) is 5.89 Å². The molecule has 2 N–H and O–H groups in total. The van der Waals surface area contributed by atoms with E-state index in [1.165, 1.54) is 12.8 Å². The van der Waals surface area contributed by atoms with Crippen LogP contribution in [0.2, 0.25) is 0 Å². The highest BCUT2D eigenvalue weighted by molar-refractivity contribution is 5.29. The predicted octanol–water partition coefficient (Wildman–Crippen LogP) is 1.25. The summed E-state index contributed by atoms with van der Waals surface area (Å²) in [5.74, 6) is 1.22. The van der Waals surface area contributed by atoms with E-state index in [4.69, 9.17) is 10.3 Å². The van der Waals surface area contributed by atoms with Crippen LogP contribution in [-0.2, 0) is 5.54 Å². The van der Waals surface area contributed by atoms with E-state index in [0.717, 1.165) is 19.5 Å². The van der Waals surface area contributed by atoms with Crippen LogP contribution in [0.15, 0.2) is 4.52 Å². The van der Waals surface area contributed by atoms with Crippen LogP contribution in [0.3, 0.4) is 0 Å². The highest BCUT2D eigenvalue weighted by Gasteiger charge is 2.28. The van der Waals surface area contributed by atoms with Crippen LogP contribution in [0.5, 0.6) is 0 Å². The molecular weight excluding hydrogens is 192 g/mol. The first kappa shape index (κ1) is 10.4. The molecule has 0 amide bonds. The molecule has 1 aliphatic heterocycles. The van der Waals surface area contributed by atoms with E-state index in [1.54, 1.807) is 0 Å². The van der Waals surface area contributed by atoms with Gasteiger partial charge in [-0.2, -0.15) is 4.98 Å². The lowest BCUT2D eigenvalue weighted by Crippen LogP contribution is -2.32. The second-order valence-electron chi connectivity index (χ2n) is 4.36. The highest BCUT2D eigenvalue weighted by atomic mass is 16.5. The van der Waals surface area contributed by atoms with Crippen molar-refractivity contribution < 1.29 is 4.52 Å². The lowest BCUT2D eigenvalue weighted by atomic mass is 10.0. The molecule has 0 aromatic carbocycles. The zero-order valence-corrected chi connectivity index (χ0v) is 9.36. The lowest BCUT2D eigenvalue weighted by Gasteiger charge is -2.16. The second kappa shape index (κ2) is 3.81. The largest absolute Gasteiger partial charge is 0.338 e. The number of aromatic nitrogens is 2. The van der Waals surface area contributed by atoms with Crippen molar-refractivity contribution in [3.63, 3.8) is 0 Å². The summed E-state index contributed by atoms with van der Waals surface area (Å²) in [6.45, 7) is 5.97. The Morgan fingerprint density at radius 2 is 2.13 bits per heavy atom. The van der Waals surface area contributed by atoms with Gasteiger partial charge in [0.15, 0.2) is 0 Å². The minimum atomic E-state index is -0.509. The van der Waals surface area contributed by atoms with Gasteiger partial charge in [-0.3, -0.25) is 0 Å². The van der Waals surface area contributed by atoms with Gasteiger partial charge < -0.3 is 15.2 Å². The van der Waals surface area contributed by atoms with E-state index in [2.05, 4.69) is 15.0 Å². The summed E-state index contributed by atoms with van der Waals surface area (Å²) < 4.78 is 5.20. The summed E-state index contributed by atoms with van der Waals surface area (Å²) in [5, 5.41) is 3.97. The normalized spacial score (nSPS) is 20.6. The van der Waals surface area contributed by atoms with E-state index in [0.29, 0.717) is 11.8 Å². The summed E-state index contributed by atoms with van der Waals surface area (Å²) in [7, 11) is 0. The summed E-state index contributed by atoms with van der Waals surface area (Å²) in [6.07, 6.45) is 3.20. The van der Waals surface area contributed by atoms with Gasteiger partial charge in [-0.25, -0.2) is 0 Å². The molecule has 1 fully saturated rings. The van der Waals surface area contributed by atoms with Gasteiger partial charge in [-0.05, 0) is 31.3 Å². The van der Waals surface area contributed by atoms with E-state index in [9.17, 15) is 0 Å². The van der Waals surface area contributed by atoms with Gasteiger partial charge in [-0.15, -0.1) is 0 Å². The SMILES string of the molecule is CCC(C)(N)c1nc(N2CCCC2)no1. The quantitative estimate of drug-likeness (QED) is 0.813. The number of nitrogens with zero attached hydrogens (tertiary/aromatic N) is 3. The molecule has 2 heterocycles. The van der Waals surface area contributed by atoms with Gasteiger partial charge in [0.1, 0.15) is 0 Å². The average Bonchev–Trinajstić information content (AvgIpc) is 2.88. The fourth-order valence-electron chi connectivity index (χ4n) is 1.64. The zero-order chi connectivity index (χ0) is 10.9. The van der Waals surface area contributed by atoms with Crippen LogP contribution >= 0.6 is 0 Å². The van der Waals surface area contributed by atoms with Crippen molar-refractivity contribution in [2.24, 2.45) is 5.73 Å². The number of rotatable bonds is 3. The number of hydrogen-bond donors (Lipinski definition) is 1. The third-order valence-electron chi connectivity index (χ3n) is 3.03. The Morgan fingerprint density at radius 3 is 2.73 bits per heavy atom. The van der Waals surface area contributed by atoms with E-state index < -0.39 is 5.54 Å². The standard InChI is InChI=1S/C10H18N4O/c1-3-10(2,11)8-12-9(13-15-8)14-6-4-5-7-14/h3-7,11H2,1-2H3. The van der Waals surface area contributed by atoms with Gasteiger partial charge in [0.05, 0.1) is 5.54 Å². The van der Waals surface area contributed by atoms with Crippen molar-refractivity contribution in [2.45, 2.75) is 38.6 Å². The van der Waals surface area contributed by atoms with Crippen molar-refractivity contribution >= 4 is 5.95 Å². The van der Waals surface area contributed by atoms with Gasteiger partial charge in [-0.1, -0.05) is 6.92 Å². The van der Waals surface area contributed by atoms with E-state index >= 15 is 0 Å². The molecular formula is C10H18N4O. The second-order valence-corrected chi connectivity index (χ2v) is 4.36. The molecule has 2 rings (SSSR count). The minimum Gasteiger partial charge on any atom is -0.338 e. The molecule has 0 radical (unpaired) electrons. The summed E-state index contributed by atoms with van der Waals surface area (Å²) >= 11 is 0. The number of hydrogen-bond acceptors (Lipinski definition) is 5. The summed E-state index contributed by atoms with van der Waals surface area (Å²) in [5.41, 5.74) is 5.53. The van der Waals surface area contributed by atoms with Crippen LogP contribution < -0.4 is 10.6 Å². The molecule has 1 unspecified atom stereocenters. The first-order valence-electron chi connectivity index (χ1n) is 5.51. The average molecular weight is 210 g/mol. The molecule has 5 heteroatoms. The van der Waals surface area contributed by atoms with Crippen molar-refractivity contribution in [1.82, 2.24) is 10.1 Å². The van der Waals surface area contributed by atoms with Crippen LogP contribution in [0.25, 0.3) is 0 Å². The van der Waals surface area contributed by atoms with Crippen molar-refractivity contribution in [3.05, 3.63) is 5.89 Å². The van der Waals surface area contributed by atoms with Crippen LogP contribution in [0.4, 0.5) is 5.95 Å². The number of nitrogens with two attached hydrogens (primary N) is 1. The first-order valence-corrected chi connectivity index (χ1v) is 5.51. The van der Waals surface area contributed by atoms with Crippen LogP contribution in [0, 0.1) is 0 Å². The molecule has 15 heavy (non-hydrogen) atoms. The molecule has 84 valence electrons. The first-order chi connectivity index (χ1) is 7.13. The number of anilines is 1. The molecule has 0 bridgehead atoms. The Morgan fingerprint density at radius 1 is 1.47 bits per heavy atom. The maximum Gasteiger partial charge on any atom is 0.266 e. The Hall–Kier alpha value is -1.10. The molecule has 5 nitrogen and oxygen atoms in total. The Labute approximate surface area is 89.6 Å². The molecule has 1 aromatic heterocycles. The Balaban J connectivity index is 2.16. The lowest BCUT2D eigenvalue weighted by molar-refractivity contribution is 0.291. The Kier molecular flexibility index (Phi) is 2.65. The third-order valence-corrected chi connectivity index (χ3v) is 3.03. The molecule has 0 aliphatic carbocycles. The van der Waals surface area contributed by atoms with E-state index in [-0.39, 0.29) is 0 Å². The topological polar surface area (TPSA) is 68.2 Å². The van der Waals surface area contributed by atoms with Crippen molar-refractivity contribution in [2.75, 3.05) is 18.0 Å². The molecule has 1 saturated heterocycles. The molecule has 1 aliphatic rings. The van der Waals surface area contributed by atoms with E-state index in [1.807, 2.05) is 13.8 Å². The smallest absolute Gasteiger partial charge is 0.266 e. The van der Waals surface area contributed by atoms with Crippen LogP contribution in [-0.4, -0.2) is 23.2 Å². The molecule has 1 aromatic rings.